The van der Waals surface area contributed by atoms with Crippen LogP contribution in [-0.2, 0) is 26.2 Å². The van der Waals surface area contributed by atoms with E-state index in [1.54, 1.807) is 0 Å². The van der Waals surface area contributed by atoms with E-state index in [1.165, 1.54) is 22.3 Å². The molecule has 4 aromatic rings. The van der Waals surface area contributed by atoms with E-state index < -0.39 is 36.6 Å². The molecule has 4 aromatic carbocycles. The van der Waals surface area contributed by atoms with E-state index in [0.29, 0.717) is 51.9 Å². The Balaban J connectivity index is 0.000000188. The van der Waals surface area contributed by atoms with Crippen LogP contribution in [0.3, 0.4) is 0 Å². The lowest BCUT2D eigenvalue weighted by Gasteiger charge is -2.41. The van der Waals surface area contributed by atoms with Crippen LogP contribution in [0.5, 0.6) is 0 Å². The normalized spacial score (nSPS) is 27.3. The number of rotatable bonds is 10. The van der Waals surface area contributed by atoms with Crippen LogP contribution in [0.1, 0.15) is 47.9 Å². The Morgan fingerprint density at radius 1 is 0.354 bits per heavy atom. The fourth-order valence-corrected chi connectivity index (χ4v) is 6.93. The topological polar surface area (TPSA) is 128 Å². The Labute approximate surface area is 284 Å². The minimum Gasteiger partial charge on any atom is -0.390 e. The van der Waals surface area contributed by atoms with Gasteiger partial charge in [-0.2, -0.15) is 0 Å². The van der Waals surface area contributed by atoms with Gasteiger partial charge in [-0.1, -0.05) is 121 Å². The number of aliphatic hydroxyl groups excluding tert-OH is 6. The second kappa shape index (κ2) is 17.8. The summed E-state index contributed by atoms with van der Waals surface area (Å²) in [4.78, 5) is 4.40. The Morgan fingerprint density at radius 2 is 0.604 bits per heavy atom. The molecule has 0 spiro atoms. The van der Waals surface area contributed by atoms with E-state index in [4.69, 9.17) is 0 Å². The summed E-state index contributed by atoms with van der Waals surface area (Å²) < 4.78 is 0. The van der Waals surface area contributed by atoms with Crippen molar-refractivity contribution in [1.82, 2.24) is 9.80 Å². The molecular formula is C40H50N2O6. The summed E-state index contributed by atoms with van der Waals surface area (Å²) in [5.74, 6) is 0. The van der Waals surface area contributed by atoms with Gasteiger partial charge in [0, 0.05) is 38.3 Å². The van der Waals surface area contributed by atoms with Crippen LogP contribution in [0.2, 0.25) is 0 Å². The van der Waals surface area contributed by atoms with Crippen LogP contribution in [0, 0.1) is 0 Å². The third kappa shape index (κ3) is 9.81. The zero-order valence-electron chi connectivity index (χ0n) is 27.4. The average Bonchev–Trinajstić information content (AvgIpc) is 3.11. The van der Waals surface area contributed by atoms with Gasteiger partial charge in [0.05, 0.1) is 24.4 Å². The molecule has 0 radical (unpaired) electrons. The van der Waals surface area contributed by atoms with Gasteiger partial charge >= 0.3 is 0 Å². The minimum absolute atomic E-state index is 0.177. The molecule has 6 rings (SSSR count). The first-order valence-electron chi connectivity index (χ1n) is 17.0. The first kappa shape index (κ1) is 35.9. The molecule has 0 bridgehead atoms. The molecule has 2 aliphatic rings. The van der Waals surface area contributed by atoms with E-state index in [1.807, 2.05) is 72.8 Å². The van der Waals surface area contributed by atoms with E-state index >= 15 is 0 Å². The lowest BCUT2D eigenvalue weighted by molar-refractivity contribution is -0.123. The van der Waals surface area contributed by atoms with Crippen molar-refractivity contribution in [2.24, 2.45) is 0 Å². The van der Waals surface area contributed by atoms with Gasteiger partial charge in [-0.25, -0.2) is 0 Å². The maximum absolute atomic E-state index is 10.5. The highest BCUT2D eigenvalue weighted by Gasteiger charge is 2.40. The van der Waals surface area contributed by atoms with E-state index in [0.717, 1.165) is 0 Å². The predicted molar refractivity (Wildman–Crippen MR) is 186 cm³/mol. The third-order valence-corrected chi connectivity index (χ3v) is 9.65. The first-order chi connectivity index (χ1) is 23.3. The summed E-state index contributed by atoms with van der Waals surface area (Å²) >= 11 is 0. The maximum Gasteiger partial charge on any atom is 0.107 e. The second-order valence-electron chi connectivity index (χ2n) is 13.1. The van der Waals surface area contributed by atoms with Crippen LogP contribution in [0.15, 0.2) is 121 Å². The molecule has 8 atom stereocenters. The van der Waals surface area contributed by atoms with Crippen molar-refractivity contribution in [1.29, 1.82) is 0 Å². The van der Waals surface area contributed by atoms with E-state index in [-0.39, 0.29) is 12.1 Å². The van der Waals surface area contributed by atoms with Crippen LogP contribution in [-0.4, -0.2) is 89.1 Å². The van der Waals surface area contributed by atoms with E-state index in [2.05, 4.69) is 58.3 Å². The highest BCUT2D eigenvalue weighted by Crippen LogP contribution is 2.28. The van der Waals surface area contributed by atoms with Crippen molar-refractivity contribution in [3.63, 3.8) is 0 Å². The Hall–Kier alpha value is -3.44. The molecular weight excluding hydrogens is 604 g/mol. The van der Waals surface area contributed by atoms with Gasteiger partial charge < -0.3 is 30.6 Å². The van der Waals surface area contributed by atoms with Gasteiger partial charge in [-0.3, -0.25) is 9.80 Å². The van der Waals surface area contributed by atoms with Gasteiger partial charge in [-0.15, -0.1) is 0 Å². The molecule has 2 fully saturated rings. The molecule has 0 aliphatic heterocycles. The van der Waals surface area contributed by atoms with Crippen molar-refractivity contribution in [2.45, 2.75) is 101 Å². The highest BCUT2D eigenvalue weighted by molar-refractivity contribution is 5.19. The summed E-state index contributed by atoms with van der Waals surface area (Å²) in [6.45, 7) is 2.78. The molecule has 0 heterocycles. The summed E-state index contributed by atoms with van der Waals surface area (Å²) in [6.07, 6.45) is -3.40. The van der Waals surface area contributed by atoms with Crippen LogP contribution < -0.4 is 0 Å². The third-order valence-electron chi connectivity index (χ3n) is 9.65. The summed E-state index contributed by atoms with van der Waals surface area (Å²) in [7, 11) is 0. The van der Waals surface area contributed by atoms with Crippen LogP contribution in [0.25, 0.3) is 0 Å². The fourth-order valence-electron chi connectivity index (χ4n) is 6.93. The second-order valence-corrected chi connectivity index (χ2v) is 13.1. The molecule has 2 aliphatic carbocycles. The highest BCUT2D eigenvalue weighted by atomic mass is 16.4. The maximum atomic E-state index is 10.5. The number of nitrogens with zero attached hydrogens (tertiary/aromatic N) is 2. The SMILES string of the molecule is O[C@@H]1[C@@H](O)[C@H](N(Cc2ccccc2)Cc2ccccc2)CC[C@H]1O.O[C@H]1[C@H](O)[C@@H](N(Cc2ccccc2)Cc2ccccc2)CC[C@@H]1O. The number of hydrogen-bond acceptors (Lipinski definition) is 8. The van der Waals surface area contributed by atoms with Gasteiger partial charge in [0.15, 0.2) is 0 Å². The molecule has 0 saturated heterocycles. The van der Waals surface area contributed by atoms with E-state index in [9.17, 15) is 30.6 Å². The van der Waals surface area contributed by atoms with Crippen molar-refractivity contribution in [2.75, 3.05) is 0 Å². The molecule has 0 aromatic heterocycles. The molecule has 256 valence electrons. The van der Waals surface area contributed by atoms with Crippen molar-refractivity contribution in [3.8, 4) is 0 Å². The number of hydrogen-bond donors (Lipinski definition) is 6. The molecule has 0 amide bonds. The summed E-state index contributed by atoms with van der Waals surface area (Å²) in [5.41, 5.74) is 4.67. The van der Waals surface area contributed by atoms with Crippen molar-refractivity contribution < 1.29 is 30.6 Å². The molecule has 8 nitrogen and oxygen atoms in total. The minimum atomic E-state index is -1.09. The Kier molecular flexibility index (Phi) is 13.3. The predicted octanol–water partition coefficient (Wildman–Crippen LogP) is 3.87. The average molecular weight is 655 g/mol. The summed E-state index contributed by atoms with van der Waals surface area (Å²) in [6, 6.07) is 40.2. The molecule has 2 saturated carbocycles. The van der Waals surface area contributed by atoms with Gasteiger partial charge in [0.1, 0.15) is 12.2 Å². The molecule has 48 heavy (non-hydrogen) atoms. The monoisotopic (exact) mass is 654 g/mol. The quantitative estimate of drug-likeness (QED) is 0.152. The van der Waals surface area contributed by atoms with Crippen molar-refractivity contribution >= 4 is 0 Å². The standard InChI is InChI=1S/2C20H25NO3/c2*22-18-12-11-17(19(23)20(18)24)21(13-15-7-3-1-4-8-15)14-16-9-5-2-6-10-16/h2*1-10,17-20,22-24H,11-14H2/t2*17-,18-,19+,20+/m10/s1. The van der Waals surface area contributed by atoms with Crippen LogP contribution >= 0.6 is 0 Å². The fraction of sp³-hybridized carbons (Fsp3) is 0.400. The molecule has 8 heteroatoms. The Bertz CT molecular complexity index is 1270. The Morgan fingerprint density at radius 3 is 0.854 bits per heavy atom. The largest absolute Gasteiger partial charge is 0.390 e. The number of aliphatic hydroxyl groups is 6. The molecule has 0 unspecified atom stereocenters. The van der Waals surface area contributed by atoms with Gasteiger partial charge in [-0.05, 0) is 47.9 Å². The summed E-state index contributed by atoms with van der Waals surface area (Å²) in [5, 5.41) is 60.7. The van der Waals surface area contributed by atoms with Gasteiger partial charge in [0.25, 0.3) is 0 Å². The first-order valence-corrected chi connectivity index (χ1v) is 17.0. The molecule has 6 N–H and O–H groups in total. The lowest BCUT2D eigenvalue weighted by Crippen LogP contribution is -2.55. The van der Waals surface area contributed by atoms with Crippen molar-refractivity contribution in [3.05, 3.63) is 144 Å². The zero-order chi connectivity index (χ0) is 33.9. The zero-order valence-corrected chi connectivity index (χ0v) is 27.4. The smallest absolute Gasteiger partial charge is 0.107 e. The van der Waals surface area contributed by atoms with Crippen LogP contribution in [0.4, 0.5) is 0 Å². The number of benzene rings is 4. The van der Waals surface area contributed by atoms with Gasteiger partial charge in [0.2, 0.25) is 0 Å². The lowest BCUT2D eigenvalue weighted by atomic mass is 9.86.